The third-order valence-electron chi connectivity index (χ3n) is 9.01. The number of ketones is 1. The van der Waals surface area contributed by atoms with Gasteiger partial charge in [0.05, 0.1) is 11.8 Å². The van der Waals surface area contributed by atoms with E-state index in [2.05, 4.69) is 63.2 Å². The van der Waals surface area contributed by atoms with Crippen LogP contribution < -0.4 is 10.0 Å². The lowest BCUT2D eigenvalue weighted by molar-refractivity contribution is -0.438. The van der Waals surface area contributed by atoms with Gasteiger partial charge >= 0.3 is 5.97 Å². The van der Waals surface area contributed by atoms with Crippen molar-refractivity contribution in [1.82, 2.24) is 0 Å². The van der Waals surface area contributed by atoms with Crippen molar-refractivity contribution in [3.63, 3.8) is 0 Å². The first-order valence-electron chi connectivity index (χ1n) is 14.4. The van der Waals surface area contributed by atoms with E-state index in [4.69, 9.17) is 0 Å². The number of nitrogens with zero attached hydrogens (tertiary/aromatic N) is 2. The molecule has 2 heterocycles. The van der Waals surface area contributed by atoms with Crippen molar-refractivity contribution in [3.8, 4) is 0 Å². The normalized spacial score (nSPS) is 24.5. The molecule has 1 N–H and O–H groups in total. The van der Waals surface area contributed by atoms with Gasteiger partial charge in [0.2, 0.25) is 5.69 Å². The van der Waals surface area contributed by atoms with Gasteiger partial charge in [0.25, 0.3) is 0 Å². The van der Waals surface area contributed by atoms with Gasteiger partial charge in [0.1, 0.15) is 6.54 Å². The fourth-order valence-electron chi connectivity index (χ4n) is 6.71. The molecule has 5 rings (SSSR count). The van der Waals surface area contributed by atoms with Gasteiger partial charge in [-0.25, -0.2) is 0 Å². The van der Waals surface area contributed by atoms with E-state index in [-0.39, 0.29) is 17.6 Å². The second-order valence-electron chi connectivity index (χ2n) is 12.3. The predicted octanol–water partition coefficient (Wildman–Crippen LogP) is 5.05. The van der Waals surface area contributed by atoms with Gasteiger partial charge in [-0.3, -0.25) is 9.59 Å². The maximum atomic E-state index is 13.6. The van der Waals surface area contributed by atoms with E-state index in [0.29, 0.717) is 5.57 Å². The summed E-state index contributed by atoms with van der Waals surface area (Å²) in [5, 5.41) is 23.0. The number of unbranched alkanes of at least 4 members (excludes halogenated alkanes) is 1. The highest BCUT2D eigenvalue weighted by molar-refractivity contribution is 6.14. The van der Waals surface area contributed by atoms with Crippen LogP contribution in [-0.2, 0) is 26.8 Å². The third-order valence-corrected chi connectivity index (χ3v) is 9.01. The summed E-state index contributed by atoms with van der Waals surface area (Å²) in [6.45, 7) is 14.3. The Hall–Kier alpha value is -3.51. The van der Waals surface area contributed by atoms with E-state index in [1.165, 1.54) is 5.56 Å². The van der Waals surface area contributed by atoms with Crippen LogP contribution in [0.1, 0.15) is 71.1 Å². The number of benzene rings is 2. The highest BCUT2D eigenvalue weighted by Crippen LogP contribution is 2.49. The second-order valence-corrected chi connectivity index (χ2v) is 12.3. The summed E-state index contributed by atoms with van der Waals surface area (Å²) >= 11 is 0. The number of carbonyl (C=O) groups is 2. The SMILES string of the molecule is CCCC[N+]1=C(C=C2C(=O)C(C=C3N(CC)c4ccccc4C3(C)C)C2[O-])C(C)(C)c2cc(CC(=O)O)ccc21. The number of allylic oxidation sites excluding steroid dienone is 2. The zero-order valence-corrected chi connectivity index (χ0v) is 24.5. The van der Waals surface area contributed by atoms with Crippen molar-refractivity contribution in [2.75, 3.05) is 18.0 Å². The van der Waals surface area contributed by atoms with Gasteiger partial charge in [-0.05, 0) is 49.6 Å². The number of carboxylic acid groups (broad SMARTS) is 1. The predicted molar refractivity (Wildman–Crippen MR) is 156 cm³/mol. The number of anilines is 1. The Balaban J connectivity index is 1.50. The first-order chi connectivity index (χ1) is 18.9. The lowest BCUT2D eigenvalue weighted by Gasteiger charge is -2.43. The summed E-state index contributed by atoms with van der Waals surface area (Å²) < 4.78 is 2.22. The fraction of sp³-hybridized carbons (Fsp3) is 0.441. The summed E-state index contributed by atoms with van der Waals surface area (Å²) in [6, 6.07) is 14.1. The van der Waals surface area contributed by atoms with Gasteiger partial charge in [0, 0.05) is 53.4 Å². The van der Waals surface area contributed by atoms with Crippen molar-refractivity contribution in [1.29, 1.82) is 0 Å². The zero-order valence-electron chi connectivity index (χ0n) is 24.5. The highest BCUT2D eigenvalue weighted by Gasteiger charge is 2.48. The fourth-order valence-corrected chi connectivity index (χ4v) is 6.71. The molecule has 0 saturated heterocycles. The zero-order chi connectivity index (χ0) is 29.0. The highest BCUT2D eigenvalue weighted by atomic mass is 16.4. The minimum atomic E-state index is -1.12. The molecule has 40 heavy (non-hydrogen) atoms. The van der Waals surface area contributed by atoms with Gasteiger partial charge in [-0.2, -0.15) is 4.58 Å². The van der Waals surface area contributed by atoms with Crippen LogP contribution in [0.15, 0.2) is 65.9 Å². The molecule has 1 saturated carbocycles. The van der Waals surface area contributed by atoms with Crippen LogP contribution in [0.4, 0.5) is 11.4 Å². The van der Waals surface area contributed by atoms with Crippen LogP contribution in [0.5, 0.6) is 0 Å². The smallest absolute Gasteiger partial charge is 0.307 e. The third kappa shape index (κ3) is 4.33. The van der Waals surface area contributed by atoms with Gasteiger partial charge < -0.3 is 15.1 Å². The Labute approximate surface area is 237 Å². The molecule has 2 unspecified atom stereocenters. The summed E-state index contributed by atoms with van der Waals surface area (Å²) in [5.41, 5.74) is 6.68. The van der Waals surface area contributed by atoms with Gasteiger partial charge in [-0.1, -0.05) is 63.6 Å². The number of carboxylic acids is 1. The number of carbonyl (C=O) groups excluding carboxylic acids is 1. The molecule has 0 aromatic heterocycles. The Kier molecular flexibility index (Phi) is 7.11. The van der Waals surface area contributed by atoms with E-state index in [0.717, 1.165) is 59.8 Å². The Morgan fingerprint density at radius 3 is 2.45 bits per heavy atom. The van der Waals surface area contributed by atoms with Gasteiger partial charge in [0.15, 0.2) is 11.5 Å². The molecule has 0 radical (unpaired) electrons. The number of fused-ring (bicyclic) bond motifs is 2. The molecule has 1 fully saturated rings. The molecule has 1 aliphatic carbocycles. The van der Waals surface area contributed by atoms with Crippen LogP contribution in [0, 0.1) is 5.92 Å². The maximum Gasteiger partial charge on any atom is 0.307 e. The number of aliphatic carboxylic acids is 1. The topological polar surface area (TPSA) is 83.7 Å². The summed E-state index contributed by atoms with van der Waals surface area (Å²) in [6.07, 6.45) is 4.58. The van der Waals surface area contributed by atoms with Crippen molar-refractivity contribution >= 4 is 28.8 Å². The van der Waals surface area contributed by atoms with Crippen LogP contribution in [0.3, 0.4) is 0 Å². The van der Waals surface area contributed by atoms with E-state index in [1.54, 1.807) is 0 Å². The number of Topliss-reactive ketones (excluding diaryl/α,β-unsaturated/α-hetero) is 1. The molecule has 2 aromatic carbocycles. The summed E-state index contributed by atoms with van der Waals surface area (Å²) in [5.74, 6) is -1.66. The van der Waals surface area contributed by atoms with Gasteiger partial charge in [-0.15, -0.1) is 0 Å². The minimum absolute atomic E-state index is 0.0405. The Morgan fingerprint density at radius 2 is 1.80 bits per heavy atom. The van der Waals surface area contributed by atoms with Crippen molar-refractivity contribution in [2.24, 2.45) is 5.92 Å². The molecule has 2 aliphatic heterocycles. The maximum absolute atomic E-state index is 13.6. The average Bonchev–Trinajstić information content (AvgIpc) is 3.26. The number of hydrogen-bond acceptors (Lipinski definition) is 4. The number of rotatable bonds is 8. The molecule has 2 aromatic rings. The van der Waals surface area contributed by atoms with E-state index in [9.17, 15) is 19.8 Å². The molecular formula is C34H40N2O4. The quantitative estimate of drug-likeness (QED) is 0.374. The number of para-hydroxylation sites is 1. The molecule has 0 spiro atoms. The van der Waals surface area contributed by atoms with Crippen LogP contribution >= 0.6 is 0 Å². The van der Waals surface area contributed by atoms with Crippen LogP contribution in [-0.4, -0.2) is 46.3 Å². The standard InChI is InChI=1S/C34H40N2O4/c1-7-9-16-36-27-15-14-21(18-30(37)38)17-25(27)34(5,6)29(36)20-23-31(39)22(32(23)40)19-28-33(3,4)24-12-10-11-13-26(24)35(28)8-2/h10-15,17,19-20,22,31H,7-9,16,18H2,1-6H3,(H,37,38). The van der Waals surface area contributed by atoms with E-state index in [1.807, 2.05) is 42.5 Å². The molecule has 3 aliphatic rings. The Morgan fingerprint density at radius 1 is 1.07 bits per heavy atom. The van der Waals surface area contributed by atoms with Crippen molar-refractivity contribution in [2.45, 2.75) is 77.7 Å². The lowest BCUT2D eigenvalue weighted by atomic mass is 9.71. The first kappa shape index (κ1) is 28.0. The van der Waals surface area contributed by atoms with Crippen molar-refractivity contribution < 1.29 is 24.4 Å². The molecule has 6 nitrogen and oxygen atoms in total. The van der Waals surface area contributed by atoms with Crippen molar-refractivity contribution in [3.05, 3.63) is 82.6 Å². The molecule has 210 valence electrons. The van der Waals surface area contributed by atoms with Crippen LogP contribution in [0.25, 0.3) is 0 Å². The number of likely N-dealkylation sites (N-methyl/N-ethyl adjacent to an activating group) is 1. The molecule has 0 amide bonds. The number of hydrogen-bond donors (Lipinski definition) is 1. The van der Waals surface area contributed by atoms with E-state index < -0.39 is 23.4 Å². The second kappa shape index (κ2) is 10.2. The minimum Gasteiger partial charge on any atom is -0.848 e. The average molecular weight is 541 g/mol. The summed E-state index contributed by atoms with van der Waals surface area (Å²) in [7, 11) is 0. The van der Waals surface area contributed by atoms with Crippen LogP contribution in [0.2, 0.25) is 0 Å². The monoisotopic (exact) mass is 540 g/mol. The Bertz CT molecular complexity index is 1480. The lowest BCUT2D eigenvalue weighted by Crippen LogP contribution is -2.53. The molecule has 0 bridgehead atoms. The largest absolute Gasteiger partial charge is 0.848 e. The molecular weight excluding hydrogens is 500 g/mol. The molecule has 2 atom stereocenters. The summed E-state index contributed by atoms with van der Waals surface area (Å²) in [4.78, 5) is 27.2. The first-order valence-corrected chi connectivity index (χ1v) is 14.4. The molecule has 6 heteroatoms. The van der Waals surface area contributed by atoms with E-state index >= 15 is 0 Å².